The third-order valence-corrected chi connectivity index (χ3v) is 11.8. The van der Waals surface area contributed by atoms with Crippen LogP contribution in [0.15, 0.2) is 48.5 Å². The van der Waals surface area contributed by atoms with Crippen molar-refractivity contribution in [2.75, 3.05) is 0 Å². The molecular formula is C31H38F9IO3S. The van der Waals surface area contributed by atoms with E-state index in [9.17, 15) is 52.5 Å². The van der Waals surface area contributed by atoms with Gasteiger partial charge in [0.1, 0.15) is 0 Å². The highest BCUT2D eigenvalue weighted by Gasteiger charge is 2.83. The zero-order valence-corrected chi connectivity index (χ0v) is 28.4. The van der Waals surface area contributed by atoms with Gasteiger partial charge in [0.25, 0.3) is 0 Å². The molecule has 0 bridgehead atoms. The van der Waals surface area contributed by atoms with Crippen LogP contribution in [-0.2, 0) is 10.1 Å². The van der Waals surface area contributed by atoms with Gasteiger partial charge in [-0.25, -0.2) is 8.42 Å². The van der Waals surface area contributed by atoms with Gasteiger partial charge in [-0.15, -0.1) is 0 Å². The van der Waals surface area contributed by atoms with Crippen molar-refractivity contribution in [3.8, 4) is 0 Å². The van der Waals surface area contributed by atoms with Gasteiger partial charge in [-0.2, -0.15) is 39.5 Å². The van der Waals surface area contributed by atoms with Crippen molar-refractivity contribution in [1.29, 1.82) is 0 Å². The maximum absolute atomic E-state index is 12.2. The van der Waals surface area contributed by atoms with Gasteiger partial charge < -0.3 is 4.55 Å². The first-order chi connectivity index (χ1) is 20.4. The van der Waals surface area contributed by atoms with Crippen LogP contribution in [0.25, 0.3) is 0 Å². The summed E-state index contributed by atoms with van der Waals surface area (Å²) < 4.78 is 138. The van der Waals surface area contributed by atoms with Crippen LogP contribution in [0.5, 0.6) is 0 Å². The van der Waals surface area contributed by atoms with Gasteiger partial charge >= 0.3 is 44.5 Å². The molecule has 14 heteroatoms. The van der Waals surface area contributed by atoms with Gasteiger partial charge in [0, 0.05) is 0 Å². The molecule has 0 radical (unpaired) electrons. The molecule has 256 valence electrons. The Morgan fingerprint density at radius 1 is 0.822 bits per heavy atom. The number of benzene rings is 2. The largest absolute Gasteiger partial charge is 0.743 e. The summed E-state index contributed by atoms with van der Waals surface area (Å²) in [7, 11) is -7.42. The van der Waals surface area contributed by atoms with E-state index in [1.54, 1.807) is 0 Å². The number of hydrogen-bond acceptors (Lipinski definition) is 3. The minimum absolute atomic E-state index is 0.0547. The fourth-order valence-corrected chi connectivity index (χ4v) is 8.06. The van der Waals surface area contributed by atoms with E-state index in [2.05, 4.69) is 83.1 Å². The zero-order valence-electron chi connectivity index (χ0n) is 25.5. The van der Waals surface area contributed by atoms with E-state index in [1.807, 2.05) is 0 Å². The van der Waals surface area contributed by atoms with Gasteiger partial charge in [0.2, 0.25) is 0 Å². The van der Waals surface area contributed by atoms with E-state index in [0.717, 1.165) is 23.7 Å². The van der Waals surface area contributed by atoms with Crippen LogP contribution in [0.4, 0.5) is 39.5 Å². The molecule has 1 fully saturated rings. The quantitative estimate of drug-likeness (QED) is 0.154. The van der Waals surface area contributed by atoms with Crippen molar-refractivity contribution in [2.24, 2.45) is 23.7 Å². The lowest BCUT2D eigenvalue weighted by Crippen LogP contribution is -3.61. The molecule has 0 spiro atoms. The van der Waals surface area contributed by atoms with Crippen molar-refractivity contribution in [1.82, 2.24) is 0 Å². The summed E-state index contributed by atoms with van der Waals surface area (Å²) in [4.78, 5) is 0. The maximum atomic E-state index is 12.2. The molecule has 3 rings (SSSR count). The van der Waals surface area contributed by atoms with Crippen molar-refractivity contribution in [3.63, 3.8) is 0 Å². The average Bonchev–Trinajstić information content (AvgIpc) is 2.92. The van der Waals surface area contributed by atoms with Gasteiger partial charge in [-0.05, 0) is 92.0 Å². The molecule has 0 heterocycles. The van der Waals surface area contributed by atoms with Gasteiger partial charge in [0.15, 0.2) is 17.3 Å². The Bertz CT molecular complexity index is 1330. The minimum atomic E-state index is -7.43. The summed E-state index contributed by atoms with van der Waals surface area (Å²) in [6, 6.07) is 18.7. The first kappa shape index (κ1) is 39.6. The van der Waals surface area contributed by atoms with Crippen LogP contribution >= 0.6 is 0 Å². The average molecular weight is 789 g/mol. The van der Waals surface area contributed by atoms with E-state index in [0.29, 0.717) is 5.92 Å². The molecule has 0 saturated heterocycles. The normalized spacial score (nSPS) is 20.8. The fourth-order valence-electron chi connectivity index (χ4n) is 5.46. The topological polar surface area (TPSA) is 57.2 Å². The molecule has 2 aromatic rings. The van der Waals surface area contributed by atoms with E-state index in [4.69, 9.17) is 0 Å². The van der Waals surface area contributed by atoms with E-state index >= 15 is 0 Å². The van der Waals surface area contributed by atoms with Crippen molar-refractivity contribution in [2.45, 2.75) is 95.9 Å². The Balaban J connectivity index is 0.000000358. The Labute approximate surface area is 269 Å². The number of hydrogen-bond donors (Lipinski definition) is 0. The predicted octanol–water partition coefficient (Wildman–Crippen LogP) is 6.67. The van der Waals surface area contributed by atoms with Crippen LogP contribution in [0.1, 0.15) is 76.8 Å². The Hall–Kier alpha value is -1.55. The zero-order chi connectivity index (χ0) is 34.6. The van der Waals surface area contributed by atoms with Crippen LogP contribution < -0.4 is 21.2 Å². The predicted molar refractivity (Wildman–Crippen MR) is 148 cm³/mol. The number of aryl methyl sites for hydroxylation is 1. The smallest absolute Gasteiger partial charge is 0.460 e. The third-order valence-electron chi connectivity index (χ3n) is 8.23. The highest BCUT2D eigenvalue weighted by atomic mass is 127. The first-order valence-electron chi connectivity index (χ1n) is 14.4. The highest BCUT2D eigenvalue weighted by Crippen LogP contribution is 2.54. The van der Waals surface area contributed by atoms with Crippen LogP contribution in [-0.4, -0.2) is 36.2 Å². The maximum Gasteiger partial charge on any atom is 0.460 e. The lowest BCUT2D eigenvalue weighted by atomic mass is 9.68. The number of alkyl halides is 9. The van der Waals surface area contributed by atoms with E-state index in [1.165, 1.54) is 50.4 Å². The lowest BCUT2D eigenvalue weighted by molar-refractivity contribution is -0.597. The molecule has 3 nitrogen and oxygen atoms in total. The van der Waals surface area contributed by atoms with Crippen molar-refractivity contribution >= 4 is 10.1 Å². The van der Waals surface area contributed by atoms with Crippen LogP contribution in [0, 0.1) is 37.7 Å². The molecule has 0 amide bonds. The molecular weight excluding hydrogens is 750 g/mol. The van der Waals surface area contributed by atoms with Crippen molar-refractivity contribution in [3.05, 3.63) is 66.8 Å². The number of halogens is 10. The second-order valence-electron chi connectivity index (χ2n) is 12.1. The van der Waals surface area contributed by atoms with Gasteiger partial charge in [-0.3, -0.25) is 0 Å². The summed E-state index contributed by atoms with van der Waals surface area (Å²) in [5.74, 6) is -10.5. The standard InChI is InChI=1S/C27H38I.C4HF9O3S/c1-19(2)27-17-8-21(4)18-24(27)10-9-22(5)23-11-15-26(16-12-23)28-25-13-6-20(3)7-14-25;5-1(6,3(9,10)11)2(7,8)4(12,13)17(14,15)16/h6-7,11-16,19,21-22,24,27H,8-10,17-18H2,1-5H3;(H,14,15,16)/q+1;/p-1. The molecule has 45 heavy (non-hydrogen) atoms. The molecule has 0 aromatic heterocycles. The molecule has 4 atom stereocenters. The van der Waals surface area contributed by atoms with Gasteiger partial charge in [-0.1, -0.05) is 63.9 Å². The lowest BCUT2D eigenvalue weighted by Gasteiger charge is -2.38. The van der Waals surface area contributed by atoms with E-state index < -0.39 is 33.4 Å². The Morgan fingerprint density at radius 2 is 1.31 bits per heavy atom. The molecule has 1 saturated carbocycles. The highest BCUT2D eigenvalue weighted by molar-refractivity contribution is 7.86. The molecule has 2 aromatic carbocycles. The summed E-state index contributed by atoms with van der Waals surface area (Å²) in [5.41, 5.74) is 2.88. The third kappa shape index (κ3) is 9.74. The Kier molecular flexibility index (Phi) is 13.3. The molecule has 1 aliphatic carbocycles. The molecule has 0 aliphatic heterocycles. The monoisotopic (exact) mass is 788 g/mol. The molecule has 0 N–H and O–H groups in total. The van der Waals surface area contributed by atoms with Crippen LogP contribution in [0.3, 0.4) is 0 Å². The second-order valence-corrected chi connectivity index (χ2v) is 16.6. The summed E-state index contributed by atoms with van der Waals surface area (Å²) in [6.07, 6.45) is -0.0604. The summed E-state index contributed by atoms with van der Waals surface area (Å²) >= 11 is -0.0547. The molecule has 1 aliphatic rings. The van der Waals surface area contributed by atoms with Crippen molar-refractivity contribution < 1.29 is 73.7 Å². The summed E-state index contributed by atoms with van der Waals surface area (Å²) in [5, 5.41) is -7.11. The SMILES string of the molecule is Cc1ccc([I+]c2ccc(C(C)CCC3CC(C)CCC3C(C)C)cc2)cc1.O=S(=O)([O-])C(F)(F)C(F)(F)C(F)(F)C(F)(F)F. The second kappa shape index (κ2) is 15.1. The Morgan fingerprint density at radius 3 is 1.76 bits per heavy atom. The molecule has 4 unspecified atom stereocenters. The van der Waals surface area contributed by atoms with Crippen LogP contribution in [0.2, 0.25) is 0 Å². The number of rotatable bonds is 10. The van der Waals surface area contributed by atoms with E-state index in [-0.39, 0.29) is 21.2 Å². The summed E-state index contributed by atoms with van der Waals surface area (Å²) in [6.45, 7) is 11.9. The first-order valence-corrected chi connectivity index (χ1v) is 18.0. The fraction of sp³-hybridized carbons (Fsp3) is 0.613. The van der Waals surface area contributed by atoms with Gasteiger partial charge in [0.05, 0.1) is 0 Å². The minimum Gasteiger partial charge on any atom is -0.743 e.